The summed E-state index contributed by atoms with van der Waals surface area (Å²) in [7, 11) is 0. The van der Waals surface area contributed by atoms with Crippen LogP contribution in [0.25, 0.3) is 0 Å². The summed E-state index contributed by atoms with van der Waals surface area (Å²) in [5, 5.41) is 0.509. The van der Waals surface area contributed by atoms with E-state index in [-0.39, 0.29) is 0 Å². The quantitative estimate of drug-likeness (QED) is 0.501. The van der Waals surface area contributed by atoms with Crippen LogP contribution in [-0.4, -0.2) is 19.2 Å². The summed E-state index contributed by atoms with van der Waals surface area (Å²) < 4.78 is 11.3. The number of benzene rings is 2. The number of rotatable bonds is 8. The van der Waals surface area contributed by atoms with Crippen molar-refractivity contribution < 1.29 is 14.3 Å². The summed E-state index contributed by atoms with van der Waals surface area (Å²) >= 11 is 5.93. The summed E-state index contributed by atoms with van der Waals surface area (Å²) in [4.78, 5) is 12.3. The summed E-state index contributed by atoms with van der Waals surface area (Å²) in [6, 6.07) is 16.4. The molecule has 2 rings (SSSR count). The number of unbranched alkanes of at least 4 members (excludes halogenated alkanes) is 1. The van der Waals surface area contributed by atoms with Gasteiger partial charge >= 0.3 is 5.97 Å². The van der Waals surface area contributed by atoms with E-state index in [1.54, 1.807) is 24.3 Å². The van der Waals surface area contributed by atoms with Gasteiger partial charge in [0.15, 0.2) is 6.10 Å². The van der Waals surface area contributed by atoms with Crippen LogP contribution in [0.1, 0.15) is 41.8 Å². The van der Waals surface area contributed by atoms with Gasteiger partial charge in [0.25, 0.3) is 0 Å². The molecule has 0 spiro atoms. The number of hydrogen-bond donors (Lipinski definition) is 0. The fourth-order valence-corrected chi connectivity index (χ4v) is 2.31. The van der Waals surface area contributed by atoms with E-state index in [1.165, 1.54) is 0 Å². The molecule has 0 saturated carbocycles. The van der Waals surface area contributed by atoms with E-state index in [0.717, 1.165) is 18.4 Å². The van der Waals surface area contributed by atoms with Crippen molar-refractivity contribution in [2.75, 3.05) is 13.2 Å². The first kappa shape index (κ1) is 17.5. The minimum Gasteiger partial charge on any atom is -0.451 e. The minimum absolute atomic E-state index is 0.344. The Labute approximate surface area is 142 Å². The molecule has 0 aliphatic heterocycles. The van der Waals surface area contributed by atoms with Gasteiger partial charge < -0.3 is 9.47 Å². The van der Waals surface area contributed by atoms with Crippen LogP contribution >= 0.6 is 11.6 Å². The molecule has 4 heteroatoms. The number of ether oxygens (including phenoxy) is 2. The molecule has 23 heavy (non-hydrogen) atoms. The van der Waals surface area contributed by atoms with Crippen molar-refractivity contribution in [3.05, 3.63) is 70.7 Å². The fourth-order valence-electron chi connectivity index (χ4n) is 2.12. The van der Waals surface area contributed by atoms with E-state index in [4.69, 9.17) is 21.1 Å². The fraction of sp³-hybridized carbons (Fsp3) is 0.316. The molecule has 2 aromatic rings. The highest BCUT2D eigenvalue weighted by Gasteiger charge is 2.18. The Kier molecular flexibility index (Phi) is 7.11. The largest absolute Gasteiger partial charge is 0.451 e. The van der Waals surface area contributed by atoms with Crippen LogP contribution in [0.2, 0.25) is 5.02 Å². The van der Waals surface area contributed by atoms with Crippen molar-refractivity contribution >= 4 is 17.6 Å². The van der Waals surface area contributed by atoms with Crippen LogP contribution in [0, 0.1) is 0 Å². The lowest BCUT2D eigenvalue weighted by molar-refractivity contribution is -0.00577. The molecule has 0 heterocycles. The lowest BCUT2D eigenvalue weighted by atomic mass is 10.1. The lowest BCUT2D eigenvalue weighted by Crippen LogP contribution is -2.17. The molecule has 3 nitrogen and oxygen atoms in total. The molecule has 122 valence electrons. The van der Waals surface area contributed by atoms with Crippen molar-refractivity contribution in [3.8, 4) is 0 Å². The van der Waals surface area contributed by atoms with Gasteiger partial charge in [-0.1, -0.05) is 61.3 Å². The lowest BCUT2D eigenvalue weighted by Gasteiger charge is -2.18. The second-order valence-corrected chi connectivity index (χ2v) is 5.68. The molecule has 0 radical (unpaired) electrons. The topological polar surface area (TPSA) is 35.5 Å². The molecule has 0 aromatic heterocycles. The second kappa shape index (κ2) is 9.33. The van der Waals surface area contributed by atoms with Crippen LogP contribution < -0.4 is 0 Å². The van der Waals surface area contributed by atoms with Gasteiger partial charge in [0, 0.05) is 11.6 Å². The van der Waals surface area contributed by atoms with Gasteiger partial charge in [0.1, 0.15) is 0 Å². The van der Waals surface area contributed by atoms with Crippen molar-refractivity contribution in [2.24, 2.45) is 0 Å². The predicted octanol–water partition coefficient (Wildman–Crippen LogP) is 5.05. The SMILES string of the molecule is CCCCOCC(OC(=O)c1cccc(Cl)c1)c1ccccc1. The third-order valence-electron chi connectivity index (χ3n) is 3.39. The van der Waals surface area contributed by atoms with Crippen LogP contribution in [0.3, 0.4) is 0 Å². The standard InChI is InChI=1S/C19H21ClO3/c1-2-3-12-22-14-18(15-8-5-4-6-9-15)23-19(21)16-10-7-11-17(20)13-16/h4-11,13,18H,2-3,12,14H2,1H3. The van der Waals surface area contributed by atoms with Gasteiger partial charge in [0.2, 0.25) is 0 Å². The zero-order valence-corrected chi connectivity index (χ0v) is 14.0. The highest BCUT2D eigenvalue weighted by Crippen LogP contribution is 2.21. The van der Waals surface area contributed by atoms with E-state index >= 15 is 0 Å². The van der Waals surface area contributed by atoms with Gasteiger partial charge in [-0.25, -0.2) is 4.79 Å². The van der Waals surface area contributed by atoms with Crippen LogP contribution in [0.4, 0.5) is 0 Å². The van der Waals surface area contributed by atoms with Crippen LogP contribution in [-0.2, 0) is 9.47 Å². The van der Waals surface area contributed by atoms with E-state index in [1.807, 2.05) is 30.3 Å². The number of esters is 1. The van der Waals surface area contributed by atoms with Crippen LogP contribution in [0.15, 0.2) is 54.6 Å². The van der Waals surface area contributed by atoms with Crippen LogP contribution in [0.5, 0.6) is 0 Å². The van der Waals surface area contributed by atoms with Gasteiger partial charge in [-0.05, 0) is 30.2 Å². The van der Waals surface area contributed by atoms with E-state index in [0.29, 0.717) is 23.8 Å². The Morgan fingerprint density at radius 1 is 1.13 bits per heavy atom. The Hall–Kier alpha value is -1.84. The van der Waals surface area contributed by atoms with E-state index in [2.05, 4.69) is 6.92 Å². The molecular formula is C19H21ClO3. The Bertz CT molecular complexity index is 613. The number of carbonyl (C=O) groups excluding carboxylic acids is 1. The monoisotopic (exact) mass is 332 g/mol. The summed E-state index contributed by atoms with van der Waals surface area (Å²) in [5.74, 6) is -0.402. The zero-order chi connectivity index (χ0) is 16.5. The summed E-state index contributed by atoms with van der Waals surface area (Å²) in [6.45, 7) is 3.11. The first-order valence-electron chi connectivity index (χ1n) is 7.80. The average molecular weight is 333 g/mol. The van der Waals surface area contributed by atoms with E-state index < -0.39 is 12.1 Å². The van der Waals surface area contributed by atoms with Crippen molar-refractivity contribution in [2.45, 2.75) is 25.9 Å². The zero-order valence-electron chi connectivity index (χ0n) is 13.2. The van der Waals surface area contributed by atoms with Crippen molar-refractivity contribution in [1.82, 2.24) is 0 Å². The normalized spacial score (nSPS) is 11.9. The number of carbonyl (C=O) groups is 1. The Morgan fingerprint density at radius 3 is 2.61 bits per heavy atom. The molecule has 0 aliphatic rings. The average Bonchev–Trinajstić information content (AvgIpc) is 2.58. The molecule has 0 aliphatic carbocycles. The molecule has 0 N–H and O–H groups in total. The maximum atomic E-state index is 12.3. The van der Waals surface area contributed by atoms with E-state index in [9.17, 15) is 4.79 Å². The Balaban J connectivity index is 2.06. The molecule has 0 amide bonds. The molecule has 0 bridgehead atoms. The summed E-state index contributed by atoms with van der Waals surface area (Å²) in [5.41, 5.74) is 1.35. The second-order valence-electron chi connectivity index (χ2n) is 5.24. The first-order valence-corrected chi connectivity index (χ1v) is 8.17. The number of halogens is 1. The third-order valence-corrected chi connectivity index (χ3v) is 3.63. The maximum Gasteiger partial charge on any atom is 0.338 e. The maximum absolute atomic E-state index is 12.3. The molecule has 0 fully saturated rings. The Morgan fingerprint density at radius 2 is 1.91 bits per heavy atom. The number of hydrogen-bond acceptors (Lipinski definition) is 3. The molecule has 1 atom stereocenters. The highest BCUT2D eigenvalue weighted by atomic mass is 35.5. The van der Waals surface area contributed by atoms with Gasteiger partial charge in [-0.3, -0.25) is 0 Å². The van der Waals surface area contributed by atoms with Gasteiger partial charge in [-0.15, -0.1) is 0 Å². The van der Waals surface area contributed by atoms with Crippen molar-refractivity contribution in [3.63, 3.8) is 0 Å². The van der Waals surface area contributed by atoms with Gasteiger partial charge in [-0.2, -0.15) is 0 Å². The highest BCUT2D eigenvalue weighted by molar-refractivity contribution is 6.30. The minimum atomic E-state index is -0.431. The van der Waals surface area contributed by atoms with Gasteiger partial charge in [0.05, 0.1) is 12.2 Å². The molecule has 0 saturated heterocycles. The predicted molar refractivity (Wildman–Crippen MR) is 91.8 cm³/mol. The third kappa shape index (κ3) is 5.70. The van der Waals surface area contributed by atoms with Crippen molar-refractivity contribution in [1.29, 1.82) is 0 Å². The molecule has 2 aromatic carbocycles. The molecular weight excluding hydrogens is 312 g/mol. The summed E-state index contributed by atoms with van der Waals surface area (Å²) in [6.07, 6.45) is 1.63. The first-order chi connectivity index (χ1) is 11.2. The smallest absolute Gasteiger partial charge is 0.338 e. The molecule has 1 unspecified atom stereocenters.